The van der Waals surface area contributed by atoms with Gasteiger partial charge in [-0.3, -0.25) is 9.59 Å². The van der Waals surface area contributed by atoms with Gasteiger partial charge in [-0.2, -0.15) is 0 Å². The Labute approximate surface area is 173 Å². The van der Waals surface area contributed by atoms with Gasteiger partial charge in [0, 0.05) is 64.3 Å². The number of carbonyl (C=O) groups is 2. The monoisotopic (exact) mass is 396 g/mol. The predicted molar refractivity (Wildman–Crippen MR) is 114 cm³/mol. The number of hydrogen-bond donors (Lipinski definition) is 0. The average Bonchev–Trinajstić information content (AvgIpc) is 3.40. The Morgan fingerprint density at radius 1 is 1.10 bits per heavy atom. The van der Waals surface area contributed by atoms with Crippen molar-refractivity contribution >= 4 is 17.9 Å². The molecule has 156 valence electrons. The van der Waals surface area contributed by atoms with Crippen LogP contribution < -0.4 is 0 Å². The van der Waals surface area contributed by atoms with Gasteiger partial charge in [-0.1, -0.05) is 0 Å². The summed E-state index contributed by atoms with van der Waals surface area (Å²) in [4.78, 5) is 31.9. The molecule has 29 heavy (non-hydrogen) atoms. The predicted octanol–water partition coefficient (Wildman–Crippen LogP) is 2.14. The van der Waals surface area contributed by atoms with Gasteiger partial charge >= 0.3 is 0 Å². The SMILES string of the molecule is CC(C)N1CCCC(C(=O)N2CC3=C(CN(C(=O)/C=C/c4ccn(C)c4)C3)C2)C1. The molecule has 1 aromatic heterocycles. The van der Waals surface area contributed by atoms with E-state index in [0.717, 1.165) is 31.5 Å². The zero-order chi connectivity index (χ0) is 20.5. The highest BCUT2D eigenvalue weighted by molar-refractivity contribution is 5.92. The standard InChI is InChI=1S/C23H32N4O2/c1-17(2)25-9-4-5-19(12-25)23(29)27-15-20-13-26(14-21(20)16-27)22(28)7-6-18-8-10-24(3)11-18/h6-8,10-11,17,19H,4-5,9,12-16H2,1-3H3/b7-6+. The zero-order valence-electron chi connectivity index (χ0n) is 17.8. The van der Waals surface area contributed by atoms with Gasteiger partial charge in [0.1, 0.15) is 0 Å². The molecule has 1 atom stereocenters. The maximum atomic E-state index is 13.1. The van der Waals surface area contributed by atoms with E-state index in [4.69, 9.17) is 0 Å². The minimum absolute atomic E-state index is 0.0426. The molecule has 4 heterocycles. The van der Waals surface area contributed by atoms with Crippen LogP contribution in [0.3, 0.4) is 0 Å². The summed E-state index contributed by atoms with van der Waals surface area (Å²) in [7, 11) is 1.97. The molecular formula is C23H32N4O2. The van der Waals surface area contributed by atoms with Crippen molar-refractivity contribution in [3.05, 3.63) is 41.2 Å². The van der Waals surface area contributed by atoms with E-state index in [-0.39, 0.29) is 11.8 Å². The average molecular weight is 397 g/mol. The number of likely N-dealkylation sites (tertiary alicyclic amines) is 1. The lowest BCUT2D eigenvalue weighted by atomic mass is 9.95. The van der Waals surface area contributed by atoms with Crippen molar-refractivity contribution in [2.45, 2.75) is 32.7 Å². The van der Waals surface area contributed by atoms with Crippen molar-refractivity contribution in [1.82, 2.24) is 19.3 Å². The first kappa shape index (κ1) is 20.0. The maximum Gasteiger partial charge on any atom is 0.247 e. The summed E-state index contributed by atoms with van der Waals surface area (Å²) in [5.74, 6) is 0.463. The van der Waals surface area contributed by atoms with Crippen LogP contribution in [0.5, 0.6) is 0 Å². The lowest BCUT2D eigenvalue weighted by Crippen LogP contribution is -2.47. The van der Waals surface area contributed by atoms with Crippen LogP contribution >= 0.6 is 0 Å². The number of piperidine rings is 1. The molecule has 1 saturated heterocycles. The summed E-state index contributed by atoms with van der Waals surface area (Å²) < 4.78 is 1.97. The molecule has 6 nitrogen and oxygen atoms in total. The van der Waals surface area contributed by atoms with E-state index >= 15 is 0 Å². The van der Waals surface area contributed by atoms with Crippen molar-refractivity contribution in [2.75, 3.05) is 39.3 Å². The molecule has 2 amide bonds. The van der Waals surface area contributed by atoms with Crippen molar-refractivity contribution in [3.63, 3.8) is 0 Å². The second kappa shape index (κ2) is 8.19. The third-order valence-corrected chi connectivity index (χ3v) is 6.46. The van der Waals surface area contributed by atoms with E-state index in [9.17, 15) is 9.59 Å². The lowest BCUT2D eigenvalue weighted by Gasteiger charge is -2.36. The summed E-state index contributed by atoms with van der Waals surface area (Å²) >= 11 is 0. The molecule has 0 N–H and O–H groups in total. The molecule has 1 unspecified atom stereocenters. The molecule has 0 aromatic carbocycles. The highest BCUT2D eigenvalue weighted by atomic mass is 16.2. The Morgan fingerprint density at radius 3 is 2.41 bits per heavy atom. The molecule has 3 aliphatic heterocycles. The minimum Gasteiger partial charge on any atom is -0.357 e. The summed E-state index contributed by atoms with van der Waals surface area (Å²) in [5.41, 5.74) is 3.55. The third kappa shape index (κ3) is 4.32. The number of nitrogens with zero attached hydrogens (tertiary/aromatic N) is 4. The van der Waals surface area contributed by atoms with Crippen molar-refractivity contribution in [2.24, 2.45) is 13.0 Å². The van der Waals surface area contributed by atoms with Crippen LogP contribution in [0.1, 0.15) is 32.3 Å². The van der Waals surface area contributed by atoms with Gasteiger partial charge in [0.05, 0.1) is 5.92 Å². The van der Waals surface area contributed by atoms with E-state index in [1.54, 1.807) is 6.08 Å². The van der Waals surface area contributed by atoms with E-state index < -0.39 is 0 Å². The Morgan fingerprint density at radius 2 is 1.79 bits per heavy atom. The smallest absolute Gasteiger partial charge is 0.247 e. The molecule has 3 aliphatic rings. The number of hydrogen-bond acceptors (Lipinski definition) is 3. The van der Waals surface area contributed by atoms with Crippen LogP contribution in [0.2, 0.25) is 0 Å². The number of aromatic nitrogens is 1. The Hall–Kier alpha value is -2.34. The van der Waals surface area contributed by atoms with Gasteiger partial charge in [0.25, 0.3) is 0 Å². The first-order valence-electron chi connectivity index (χ1n) is 10.7. The van der Waals surface area contributed by atoms with E-state index in [1.165, 1.54) is 11.1 Å². The van der Waals surface area contributed by atoms with Crippen molar-refractivity contribution in [3.8, 4) is 0 Å². The first-order chi connectivity index (χ1) is 13.9. The summed E-state index contributed by atoms with van der Waals surface area (Å²) in [6, 6.07) is 2.48. The van der Waals surface area contributed by atoms with Gasteiger partial charge in [-0.05, 0) is 62.1 Å². The molecule has 0 saturated carbocycles. The fourth-order valence-corrected chi connectivity index (χ4v) is 4.72. The van der Waals surface area contributed by atoms with E-state index in [1.807, 2.05) is 46.0 Å². The quantitative estimate of drug-likeness (QED) is 0.579. The molecule has 1 fully saturated rings. The highest BCUT2D eigenvalue weighted by Gasteiger charge is 2.37. The summed E-state index contributed by atoms with van der Waals surface area (Å²) in [6.07, 6.45) is 9.58. The second-order valence-corrected chi connectivity index (χ2v) is 8.97. The molecule has 0 bridgehead atoms. The maximum absolute atomic E-state index is 13.1. The molecule has 1 aromatic rings. The van der Waals surface area contributed by atoms with Crippen molar-refractivity contribution < 1.29 is 9.59 Å². The Balaban J connectivity index is 1.29. The summed E-state index contributed by atoms with van der Waals surface area (Å²) in [5, 5.41) is 0. The fourth-order valence-electron chi connectivity index (χ4n) is 4.72. The highest BCUT2D eigenvalue weighted by Crippen LogP contribution is 2.29. The van der Waals surface area contributed by atoms with E-state index in [0.29, 0.717) is 38.1 Å². The molecule has 4 rings (SSSR count). The zero-order valence-corrected chi connectivity index (χ0v) is 17.8. The van der Waals surface area contributed by atoms with Crippen LogP contribution in [0.25, 0.3) is 6.08 Å². The summed E-state index contributed by atoms with van der Waals surface area (Å²) in [6.45, 7) is 9.08. The van der Waals surface area contributed by atoms with Crippen LogP contribution in [0.15, 0.2) is 35.7 Å². The number of carbonyl (C=O) groups excluding carboxylic acids is 2. The van der Waals surface area contributed by atoms with Gasteiger partial charge in [0.15, 0.2) is 0 Å². The number of rotatable bonds is 4. The molecule has 0 spiro atoms. The van der Waals surface area contributed by atoms with Crippen LogP contribution in [-0.2, 0) is 16.6 Å². The number of amides is 2. The third-order valence-electron chi connectivity index (χ3n) is 6.46. The van der Waals surface area contributed by atoms with E-state index in [2.05, 4.69) is 18.7 Å². The van der Waals surface area contributed by atoms with Gasteiger partial charge < -0.3 is 19.3 Å². The van der Waals surface area contributed by atoms with Gasteiger partial charge in [0.2, 0.25) is 11.8 Å². The van der Waals surface area contributed by atoms with Crippen molar-refractivity contribution in [1.29, 1.82) is 0 Å². The Bertz CT molecular complexity index is 833. The molecular weight excluding hydrogens is 364 g/mol. The number of aryl methyl sites for hydroxylation is 1. The minimum atomic E-state index is 0.0426. The first-order valence-corrected chi connectivity index (χ1v) is 10.7. The van der Waals surface area contributed by atoms with Crippen LogP contribution in [0, 0.1) is 5.92 Å². The fraction of sp³-hybridized carbons (Fsp3) is 0.565. The normalized spacial score (nSPS) is 23.0. The Kier molecular flexibility index (Phi) is 5.63. The molecule has 0 aliphatic carbocycles. The van der Waals surface area contributed by atoms with Gasteiger partial charge in [-0.25, -0.2) is 0 Å². The largest absolute Gasteiger partial charge is 0.357 e. The second-order valence-electron chi connectivity index (χ2n) is 8.97. The molecule has 6 heteroatoms. The van der Waals surface area contributed by atoms with Crippen LogP contribution in [-0.4, -0.2) is 76.4 Å². The van der Waals surface area contributed by atoms with Gasteiger partial charge in [-0.15, -0.1) is 0 Å². The topological polar surface area (TPSA) is 48.8 Å². The molecule has 0 radical (unpaired) electrons. The lowest BCUT2D eigenvalue weighted by molar-refractivity contribution is -0.136. The van der Waals surface area contributed by atoms with Crippen LogP contribution in [0.4, 0.5) is 0 Å².